The van der Waals surface area contributed by atoms with Crippen LogP contribution in [0.25, 0.3) is 0 Å². The van der Waals surface area contributed by atoms with Crippen molar-refractivity contribution in [1.29, 1.82) is 0 Å². The molecule has 0 aromatic carbocycles. The van der Waals surface area contributed by atoms with E-state index in [1.165, 1.54) is 173 Å². The highest BCUT2D eigenvalue weighted by molar-refractivity contribution is 5.76. The van der Waals surface area contributed by atoms with Crippen LogP contribution in [0.15, 0.2) is 0 Å². The fourth-order valence-electron chi connectivity index (χ4n) is 8.44. The zero-order chi connectivity index (χ0) is 43.2. The van der Waals surface area contributed by atoms with E-state index in [1.807, 2.05) is 0 Å². The lowest BCUT2D eigenvalue weighted by Crippen LogP contribution is -2.60. The fraction of sp³-hybridized carbons (Fsp3) is 0.980. The molecule has 1 aliphatic heterocycles. The van der Waals surface area contributed by atoms with Crippen molar-refractivity contribution < 1.29 is 44.9 Å². The predicted molar refractivity (Wildman–Crippen MR) is 241 cm³/mol. The van der Waals surface area contributed by atoms with Crippen LogP contribution in [0, 0.1) is 0 Å². The molecule has 0 bridgehead atoms. The van der Waals surface area contributed by atoms with Crippen molar-refractivity contribution in [3.63, 3.8) is 0 Å². The van der Waals surface area contributed by atoms with Crippen molar-refractivity contribution in [3.05, 3.63) is 0 Å². The Hall–Kier alpha value is -0.850. The van der Waals surface area contributed by atoms with Gasteiger partial charge >= 0.3 is 0 Å². The number of unbranched alkanes of at least 4 members (excludes halogenated alkanes) is 32. The van der Waals surface area contributed by atoms with Crippen LogP contribution in [0.3, 0.4) is 0 Å². The van der Waals surface area contributed by atoms with E-state index in [0.29, 0.717) is 6.42 Å². The minimum atomic E-state index is -1.60. The van der Waals surface area contributed by atoms with Crippen molar-refractivity contribution in [3.8, 4) is 0 Å². The van der Waals surface area contributed by atoms with Crippen molar-refractivity contribution in [2.45, 2.75) is 294 Å². The second-order valence-corrected chi connectivity index (χ2v) is 18.1. The van der Waals surface area contributed by atoms with Crippen LogP contribution in [-0.4, -0.2) is 98.7 Å². The van der Waals surface area contributed by atoms with Gasteiger partial charge in [-0.15, -0.1) is 0 Å². The SMILES string of the molecule is CCCCCCCCCCCCCCCCCCCCCCCCCCCC(=O)N[C@@H](CO[C@@H]1O[C@H](CO)[C@@H](O)C(O)C1O)[C@H](O)[C@H](O)CCCCCCCCCCC. The highest BCUT2D eigenvalue weighted by atomic mass is 16.7. The third kappa shape index (κ3) is 30.0. The third-order valence-corrected chi connectivity index (χ3v) is 12.6. The van der Waals surface area contributed by atoms with Crippen LogP contribution < -0.4 is 5.32 Å². The number of carbonyl (C=O) groups excluding carboxylic acids is 1. The van der Waals surface area contributed by atoms with Gasteiger partial charge in [0.2, 0.25) is 5.91 Å². The molecule has 1 fully saturated rings. The van der Waals surface area contributed by atoms with E-state index in [2.05, 4.69) is 19.2 Å². The first-order valence-electron chi connectivity index (χ1n) is 25.3. The van der Waals surface area contributed by atoms with E-state index in [-0.39, 0.29) is 18.9 Å². The van der Waals surface area contributed by atoms with Crippen LogP contribution in [0.4, 0.5) is 0 Å². The molecule has 10 nitrogen and oxygen atoms in total. The molecular formula is C49H97NO9. The smallest absolute Gasteiger partial charge is 0.220 e. The molecule has 1 rings (SSSR count). The second-order valence-electron chi connectivity index (χ2n) is 18.1. The van der Waals surface area contributed by atoms with E-state index in [0.717, 1.165) is 44.9 Å². The average Bonchev–Trinajstić information content (AvgIpc) is 3.23. The fourth-order valence-corrected chi connectivity index (χ4v) is 8.44. The van der Waals surface area contributed by atoms with Gasteiger partial charge in [-0.2, -0.15) is 0 Å². The quantitative estimate of drug-likeness (QED) is 0.0296. The molecule has 7 N–H and O–H groups in total. The largest absolute Gasteiger partial charge is 0.394 e. The molecule has 0 saturated carbocycles. The molecule has 0 aromatic heterocycles. The summed E-state index contributed by atoms with van der Waals surface area (Å²) in [5, 5.41) is 65.1. The highest BCUT2D eigenvalue weighted by Gasteiger charge is 2.44. The van der Waals surface area contributed by atoms with Crippen LogP contribution in [0.5, 0.6) is 0 Å². The number of aliphatic hydroxyl groups excluding tert-OH is 6. The third-order valence-electron chi connectivity index (χ3n) is 12.6. The Bertz CT molecular complexity index is 911. The molecule has 0 radical (unpaired) electrons. The molecule has 1 aliphatic rings. The molecule has 2 unspecified atom stereocenters. The topological polar surface area (TPSA) is 169 Å². The van der Waals surface area contributed by atoms with Gasteiger partial charge in [-0.3, -0.25) is 4.79 Å². The normalized spacial score (nSPS) is 21.1. The first-order chi connectivity index (χ1) is 28.8. The van der Waals surface area contributed by atoms with Crippen LogP contribution in [0.2, 0.25) is 0 Å². The van der Waals surface area contributed by atoms with Crippen LogP contribution in [0.1, 0.15) is 245 Å². The zero-order valence-electron chi connectivity index (χ0n) is 38.4. The zero-order valence-corrected chi connectivity index (χ0v) is 38.4. The predicted octanol–water partition coefficient (Wildman–Crippen LogP) is 10.1. The Labute approximate surface area is 362 Å². The molecule has 1 saturated heterocycles. The minimum absolute atomic E-state index is 0.254. The van der Waals surface area contributed by atoms with Gasteiger partial charge in [0.15, 0.2) is 6.29 Å². The van der Waals surface area contributed by atoms with Gasteiger partial charge in [-0.05, 0) is 12.8 Å². The van der Waals surface area contributed by atoms with Gasteiger partial charge in [0, 0.05) is 6.42 Å². The van der Waals surface area contributed by atoms with Gasteiger partial charge in [0.25, 0.3) is 0 Å². The van der Waals surface area contributed by atoms with Gasteiger partial charge in [0.1, 0.15) is 30.5 Å². The maximum absolute atomic E-state index is 13.0. The van der Waals surface area contributed by atoms with E-state index >= 15 is 0 Å². The number of aliphatic hydroxyl groups is 6. The Balaban J connectivity index is 2.21. The van der Waals surface area contributed by atoms with Gasteiger partial charge < -0.3 is 45.4 Å². The monoisotopic (exact) mass is 844 g/mol. The maximum Gasteiger partial charge on any atom is 0.220 e. The molecule has 10 heteroatoms. The van der Waals surface area contributed by atoms with E-state index in [4.69, 9.17) is 9.47 Å². The molecule has 59 heavy (non-hydrogen) atoms. The number of nitrogens with one attached hydrogen (secondary N) is 1. The van der Waals surface area contributed by atoms with Crippen molar-refractivity contribution in [1.82, 2.24) is 5.32 Å². The maximum atomic E-state index is 13.0. The molecular weight excluding hydrogens is 747 g/mol. The minimum Gasteiger partial charge on any atom is -0.394 e. The summed E-state index contributed by atoms with van der Waals surface area (Å²) >= 11 is 0. The van der Waals surface area contributed by atoms with Gasteiger partial charge in [-0.1, -0.05) is 226 Å². The van der Waals surface area contributed by atoms with Gasteiger partial charge in [0.05, 0.1) is 25.4 Å². The summed E-state index contributed by atoms with van der Waals surface area (Å²) in [6.07, 6.45) is 34.2. The number of amides is 1. The Morgan fingerprint density at radius 3 is 1.25 bits per heavy atom. The highest BCUT2D eigenvalue weighted by Crippen LogP contribution is 2.23. The molecule has 0 aromatic rings. The Morgan fingerprint density at radius 1 is 0.525 bits per heavy atom. The van der Waals surface area contributed by atoms with Crippen LogP contribution in [-0.2, 0) is 14.3 Å². The molecule has 1 amide bonds. The number of ether oxygens (including phenoxy) is 2. The van der Waals surface area contributed by atoms with Crippen molar-refractivity contribution >= 4 is 5.91 Å². The van der Waals surface area contributed by atoms with E-state index < -0.39 is 55.6 Å². The lowest BCUT2D eigenvalue weighted by atomic mass is 9.98. The van der Waals surface area contributed by atoms with Crippen LogP contribution >= 0.6 is 0 Å². The summed E-state index contributed by atoms with van der Waals surface area (Å²) in [6, 6.07) is -0.984. The lowest BCUT2D eigenvalue weighted by Gasteiger charge is -2.40. The van der Waals surface area contributed by atoms with Crippen molar-refractivity contribution in [2.75, 3.05) is 13.2 Å². The molecule has 0 aliphatic carbocycles. The summed E-state index contributed by atoms with van der Waals surface area (Å²) in [5.41, 5.74) is 0. The molecule has 8 atom stereocenters. The summed E-state index contributed by atoms with van der Waals surface area (Å²) in [4.78, 5) is 13.0. The molecule has 0 spiro atoms. The summed E-state index contributed by atoms with van der Waals surface area (Å²) in [5.74, 6) is -0.254. The first-order valence-corrected chi connectivity index (χ1v) is 25.3. The van der Waals surface area contributed by atoms with Crippen molar-refractivity contribution in [2.24, 2.45) is 0 Å². The Morgan fingerprint density at radius 2 is 0.881 bits per heavy atom. The Kier molecular flexibility index (Phi) is 38.0. The number of carbonyl (C=O) groups is 1. The number of hydrogen-bond donors (Lipinski definition) is 7. The molecule has 1 heterocycles. The van der Waals surface area contributed by atoms with E-state index in [9.17, 15) is 35.4 Å². The second kappa shape index (κ2) is 40.0. The molecule has 352 valence electrons. The van der Waals surface area contributed by atoms with E-state index in [1.54, 1.807) is 0 Å². The van der Waals surface area contributed by atoms with Gasteiger partial charge in [-0.25, -0.2) is 0 Å². The number of rotatable bonds is 43. The first kappa shape index (κ1) is 56.2. The average molecular weight is 844 g/mol. The lowest BCUT2D eigenvalue weighted by molar-refractivity contribution is -0.303. The summed E-state index contributed by atoms with van der Waals surface area (Å²) < 4.78 is 11.2. The standard InChI is InChI=1S/C49H97NO9/c1-3-5-7-9-11-13-14-15-16-17-18-19-20-21-22-23-24-25-26-27-28-30-32-34-36-38-44(53)50-41(40-58-49-48(57)47(56)46(55)43(39-51)59-49)45(54)42(52)37-35-33-31-29-12-10-8-6-4-2/h41-43,45-49,51-52,54-57H,3-40H2,1-2H3,(H,50,53)/t41-,42+,43+,45-,46+,47?,48?,49+/m0/s1. The summed E-state index contributed by atoms with van der Waals surface area (Å²) in [7, 11) is 0. The number of hydrogen-bond acceptors (Lipinski definition) is 9. The summed E-state index contributed by atoms with van der Waals surface area (Å²) in [6.45, 7) is 3.60.